The zero-order valence-electron chi connectivity index (χ0n) is 23.1. The maximum absolute atomic E-state index is 12.3. The average Bonchev–Trinajstić information content (AvgIpc) is 3.00. The lowest BCUT2D eigenvalue weighted by atomic mass is 9.91. The predicted octanol–water partition coefficient (Wildman–Crippen LogP) is 5.70. The zero-order chi connectivity index (χ0) is 28.8. The van der Waals surface area contributed by atoms with E-state index in [1.165, 1.54) is 24.9 Å². The first-order chi connectivity index (χ1) is 19.9. The predicted molar refractivity (Wildman–Crippen MR) is 158 cm³/mol. The third-order valence-electron chi connectivity index (χ3n) is 7.27. The molecule has 1 aliphatic rings. The fourth-order valence-corrected chi connectivity index (χ4v) is 6.03. The average molecular weight is 571 g/mol. The first-order valence-electron chi connectivity index (χ1n) is 13.7. The molecular weight excluding hydrogens is 536 g/mol. The summed E-state index contributed by atoms with van der Waals surface area (Å²) >= 11 is 1.47. The Labute approximate surface area is 244 Å². The zero-order valence-corrected chi connectivity index (χ0v) is 23.9. The van der Waals surface area contributed by atoms with Gasteiger partial charge >= 0.3 is 0 Å². The van der Waals surface area contributed by atoms with E-state index in [0.717, 1.165) is 38.1 Å². The Morgan fingerprint density at radius 1 is 0.927 bits per heavy atom. The lowest BCUT2D eigenvalue weighted by Gasteiger charge is -2.41. The summed E-state index contributed by atoms with van der Waals surface area (Å²) in [4.78, 5) is 11.4. The van der Waals surface area contributed by atoms with Crippen LogP contribution in [0.5, 0.6) is 0 Å². The maximum Gasteiger partial charge on any atom is 0.251 e. The first-order valence-corrected chi connectivity index (χ1v) is 14.6. The normalized spacial score (nSPS) is 20.5. The summed E-state index contributed by atoms with van der Waals surface area (Å²) in [7, 11) is 0. The highest BCUT2D eigenvalue weighted by molar-refractivity contribution is 7.99. The standard InChI is InChI=1S/C33H34N2O5S/c1-22-30(21-41-31-11-3-4-16-35(31)38)39-33(40-32(22)26-14-12-24(20-36)13-15-26)29-10-6-9-28(18-29)27-8-5-7-25(17-27)19-34-23(2)37/h3-18,22,30,32-33,36H,19-21H2,1-2H3,(H,34,37). The Balaban J connectivity index is 1.42. The Hall–Kier alpha value is -3.69. The van der Waals surface area contributed by atoms with Crippen molar-refractivity contribution < 1.29 is 24.1 Å². The first kappa shape index (κ1) is 28.8. The highest BCUT2D eigenvalue weighted by atomic mass is 32.2. The second kappa shape index (κ2) is 13.3. The van der Waals surface area contributed by atoms with Crippen LogP contribution in [0.4, 0.5) is 0 Å². The number of nitrogens with one attached hydrogen (secondary N) is 1. The number of carbonyl (C=O) groups excluding carboxylic acids is 1. The summed E-state index contributed by atoms with van der Waals surface area (Å²) in [6.07, 6.45) is 0.455. The quantitative estimate of drug-likeness (QED) is 0.152. The minimum absolute atomic E-state index is 0.0104. The number of hydrogen-bond acceptors (Lipinski definition) is 6. The maximum atomic E-state index is 12.3. The summed E-state index contributed by atoms with van der Waals surface area (Å²) < 4.78 is 14.1. The van der Waals surface area contributed by atoms with Gasteiger partial charge in [-0.25, -0.2) is 0 Å². The molecule has 2 heterocycles. The number of nitrogens with zero attached hydrogens (tertiary/aromatic N) is 1. The van der Waals surface area contributed by atoms with Crippen LogP contribution < -0.4 is 10.0 Å². The van der Waals surface area contributed by atoms with Crippen LogP contribution in [0, 0.1) is 11.1 Å². The molecule has 5 rings (SSSR count). The van der Waals surface area contributed by atoms with Crippen LogP contribution in [0.3, 0.4) is 0 Å². The molecule has 7 nitrogen and oxygen atoms in total. The van der Waals surface area contributed by atoms with Gasteiger partial charge < -0.3 is 25.1 Å². The highest BCUT2D eigenvalue weighted by Gasteiger charge is 2.38. The third-order valence-corrected chi connectivity index (χ3v) is 8.38. The smallest absolute Gasteiger partial charge is 0.251 e. The summed E-state index contributed by atoms with van der Waals surface area (Å²) in [6, 6.07) is 29.4. The number of aliphatic hydroxyl groups is 1. The van der Waals surface area contributed by atoms with E-state index in [0.29, 0.717) is 17.3 Å². The molecule has 0 bridgehead atoms. The molecule has 3 aromatic carbocycles. The Morgan fingerprint density at radius 2 is 1.68 bits per heavy atom. The molecule has 41 heavy (non-hydrogen) atoms. The lowest BCUT2D eigenvalue weighted by Crippen LogP contribution is -2.39. The van der Waals surface area contributed by atoms with Gasteiger partial charge in [0.25, 0.3) is 5.03 Å². The number of aromatic nitrogens is 1. The van der Waals surface area contributed by atoms with Crippen molar-refractivity contribution in [2.45, 2.75) is 50.5 Å². The SMILES string of the molecule is CC(=O)NCc1cccc(-c2cccc(C3OC(CSc4cccc[n+]4[O-])C(C)C(c4ccc(CO)cc4)O3)c2)c1. The van der Waals surface area contributed by atoms with Gasteiger partial charge in [-0.3, -0.25) is 4.79 Å². The molecule has 0 saturated carbocycles. The highest BCUT2D eigenvalue weighted by Crippen LogP contribution is 2.43. The molecule has 1 saturated heterocycles. The van der Waals surface area contributed by atoms with Gasteiger partial charge in [0.15, 0.2) is 12.5 Å². The van der Waals surface area contributed by atoms with E-state index in [1.807, 2.05) is 72.8 Å². The molecule has 212 valence electrons. The number of rotatable bonds is 9. The number of benzene rings is 3. The van der Waals surface area contributed by atoms with Crippen molar-refractivity contribution in [3.05, 3.63) is 125 Å². The van der Waals surface area contributed by atoms with Crippen molar-refractivity contribution in [2.24, 2.45) is 5.92 Å². The second-order valence-corrected chi connectivity index (χ2v) is 11.3. The summed E-state index contributed by atoms with van der Waals surface area (Å²) in [6.45, 7) is 4.07. The van der Waals surface area contributed by atoms with Crippen molar-refractivity contribution in [1.82, 2.24) is 5.32 Å². The van der Waals surface area contributed by atoms with E-state index >= 15 is 0 Å². The molecule has 1 fully saturated rings. The van der Waals surface area contributed by atoms with E-state index in [4.69, 9.17) is 9.47 Å². The Morgan fingerprint density at radius 3 is 2.41 bits per heavy atom. The molecule has 4 unspecified atom stereocenters. The van der Waals surface area contributed by atoms with Crippen LogP contribution in [0.1, 0.15) is 48.5 Å². The van der Waals surface area contributed by atoms with Gasteiger partial charge in [0.2, 0.25) is 5.91 Å². The van der Waals surface area contributed by atoms with Crippen LogP contribution in [0.2, 0.25) is 0 Å². The number of hydrogen-bond donors (Lipinski definition) is 2. The van der Waals surface area contributed by atoms with E-state index in [-0.39, 0.29) is 30.6 Å². The van der Waals surface area contributed by atoms with Crippen molar-refractivity contribution in [3.8, 4) is 11.1 Å². The van der Waals surface area contributed by atoms with Crippen molar-refractivity contribution in [2.75, 3.05) is 5.75 Å². The van der Waals surface area contributed by atoms with Crippen LogP contribution >= 0.6 is 11.8 Å². The minimum atomic E-state index is -0.614. The summed E-state index contributed by atoms with van der Waals surface area (Å²) in [5.41, 5.74) is 5.82. The number of pyridine rings is 1. The molecule has 1 aliphatic heterocycles. The van der Waals surface area contributed by atoms with E-state index in [1.54, 1.807) is 6.07 Å². The monoisotopic (exact) mass is 570 g/mol. The van der Waals surface area contributed by atoms with Crippen molar-refractivity contribution >= 4 is 17.7 Å². The molecule has 1 aromatic heterocycles. The van der Waals surface area contributed by atoms with Crippen molar-refractivity contribution in [3.63, 3.8) is 0 Å². The Bertz CT molecular complexity index is 1480. The van der Waals surface area contributed by atoms with E-state index < -0.39 is 6.29 Å². The van der Waals surface area contributed by atoms with Gasteiger partial charge in [0.1, 0.15) is 0 Å². The number of aliphatic hydroxyl groups excluding tert-OH is 1. The largest absolute Gasteiger partial charge is 0.618 e. The summed E-state index contributed by atoms with van der Waals surface area (Å²) in [5.74, 6) is 0.531. The fourth-order valence-electron chi connectivity index (χ4n) is 4.95. The molecule has 8 heteroatoms. The van der Waals surface area contributed by atoms with E-state index in [9.17, 15) is 15.1 Å². The molecule has 0 spiro atoms. The number of ether oxygens (including phenoxy) is 2. The summed E-state index contributed by atoms with van der Waals surface area (Å²) in [5, 5.41) is 25.3. The molecule has 1 amide bonds. The van der Waals surface area contributed by atoms with Gasteiger partial charge in [0.05, 0.1) is 18.8 Å². The molecule has 0 aliphatic carbocycles. The second-order valence-electron chi connectivity index (χ2n) is 10.2. The molecule has 2 N–H and O–H groups in total. The van der Waals surface area contributed by atoms with Gasteiger partial charge in [0, 0.05) is 42.8 Å². The molecular formula is C33H34N2O5S. The van der Waals surface area contributed by atoms with Gasteiger partial charge in [-0.2, -0.15) is 4.73 Å². The van der Waals surface area contributed by atoms with Gasteiger partial charge in [-0.15, -0.1) is 0 Å². The fraction of sp³-hybridized carbons (Fsp3) is 0.273. The van der Waals surface area contributed by atoms with Gasteiger partial charge in [-0.05, 0) is 46.0 Å². The third kappa shape index (κ3) is 7.15. The minimum Gasteiger partial charge on any atom is -0.618 e. The number of carbonyl (C=O) groups is 1. The van der Waals surface area contributed by atoms with Crippen LogP contribution in [-0.4, -0.2) is 22.9 Å². The molecule has 4 atom stereocenters. The number of thioether (sulfide) groups is 1. The van der Waals surface area contributed by atoms with Gasteiger partial charge in [-0.1, -0.05) is 79.3 Å². The molecule has 0 radical (unpaired) electrons. The van der Waals surface area contributed by atoms with Crippen LogP contribution in [-0.2, 0) is 27.4 Å². The van der Waals surface area contributed by atoms with Crippen LogP contribution in [0.15, 0.2) is 102 Å². The van der Waals surface area contributed by atoms with E-state index in [2.05, 4.69) is 24.4 Å². The topological polar surface area (TPSA) is 94.7 Å². The number of amides is 1. The molecule has 4 aromatic rings. The van der Waals surface area contributed by atoms with Crippen molar-refractivity contribution in [1.29, 1.82) is 0 Å². The lowest BCUT2D eigenvalue weighted by molar-refractivity contribution is -0.645. The van der Waals surface area contributed by atoms with Crippen LogP contribution in [0.25, 0.3) is 11.1 Å². The Kier molecular flexibility index (Phi) is 9.36.